The average molecular weight is 375 g/mol. The molecule has 0 radical (unpaired) electrons. The van der Waals surface area contributed by atoms with Crippen molar-refractivity contribution in [3.63, 3.8) is 0 Å². The van der Waals surface area contributed by atoms with Crippen molar-refractivity contribution in [3.8, 4) is 5.75 Å². The third-order valence-corrected chi connectivity index (χ3v) is 4.26. The van der Waals surface area contributed by atoms with E-state index >= 15 is 0 Å². The van der Waals surface area contributed by atoms with Crippen molar-refractivity contribution >= 4 is 35.0 Å². The van der Waals surface area contributed by atoms with Crippen LogP contribution in [0, 0.1) is 0 Å². The maximum absolute atomic E-state index is 12.2. The molecule has 1 N–H and O–H groups in total. The van der Waals surface area contributed by atoms with E-state index < -0.39 is 0 Å². The number of piperidine rings is 1. The number of nitrogens with zero attached hydrogens (tertiary/aromatic N) is 1. The number of hydrogen-bond donors (Lipinski definition) is 1. The number of benzene rings is 1. The van der Waals surface area contributed by atoms with E-state index in [0.717, 1.165) is 0 Å². The molecule has 6 nitrogen and oxygen atoms in total. The lowest BCUT2D eigenvalue weighted by Gasteiger charge is -2.32. The molecule has 2 rings (SSSR count). The van der Waals surface area contributed by atoms with E-state index in [1.165, 1.54) is 7.11 Å². The second-order valence-electron chi connectivity index (χ2n) is 5.52. The summed E-state index contributed by atoms with van der Waals surface area (Å²) in [6.07, 6.45) is 1.42. The molecule has 0 bridgehead atoms. The lowest BCUT2D eigenvalue weighted by atomic mass is 10.1. The third-order valence-electron chi connectivity index (χ3n) is 3.73. The van der Waals surface area contributed by atoms with Gasteiger partial charge in [0, 0.05) is 31.3 Å². The number of ether oxygens (including phenoxy) is 2. The van der Waals surface area contributed by atoms with Gasteiger partial charge in [0.2, 0.25) is 5.91 Å². The summed E-state index contributed by atoms with van der Waals surface area (Å²) in [5, 5.41) is 3.77. The molecular weight excluding hydrogens is 355 g/mol. The molecule has 1 aliphatic rings. The number of carbonyl (C=O) groups excluding carboxylic acids is 2. The molecule has 24 heavy (non-hydrogen) atoms. The molecule has 0 saturated carbocycles. The Hall–Kier alpha value is -1.50. The molecule has 132 valence electrons. The first kappa shape index (κ1) is 18.8. The van der Waals surface area contributed by atoms with Crippen LogP contribution in [0.2, 0.25) is 10.0 Å². The standard InChI is InChI=1S/C16H20Cl2N2O4/c1-23-9-15(21)19-12-4-6-20(7-5-12)16(22)10-24-14-3-2-11(17)8-13(14)18/h2-3,8,12H,4-7,9-10H2,1H3,(H,19,21). The summed E-state index contributed by atoms with van der Waals surface area (Å²) in [7, 11) is 1.48. The van der Waals surface area contributed by atoms with Gasteiger partial charge in [0.25, 0.3) is 5.91 Å². The second kappa shape index (κ2) is 9.11. The van der Waals surface area contributed by atoms with Gasteiger partial charge in [-0.05, 0) is 31.0 Å². The van der Waals surface area contributed by atoms with Crippen molar-refractivity contribution in [3.05, 3.63) is 28.2 Å². The predicted molar refractivity (Wildman–Crippen MR) is 91.6 cm³/mol. The molecule has 0 atom stereocenters. The van der Waals surface area contributed by atoms with Gasteiger partial charge in [0.05, 0.1) is 5.02 Å². The quantitative estimate of drug-likeness (QED) is 0.827. The van der Waals surface area contributed by atoms with E-state index in [9.17, 15) is 9.59 Å². The van der Waals surface area contributed by atoms with E-state index in [1.807, 2.05) is 0 Å². The first-order valence-electron chi connectivity index (χ1n) is 7.63. The number of carbonyl (C=O) groups is 2. The highest BCUT2D eigenvalue weighted by molar-refractivity contribution is 6.35. The topological polar surface area (TPSA) is 67.9 Å². The van der Waals surface area contributed by atoms with Crippen LogP contribution in [0.15, 0.2) is 18.2 Å². The molecule has 0 aliphatic carbocycles. The highest BCUT2D eigenvalue weighted by Crippen LogP contribution is 2.27. The van der Waals surface area contributed by atoms with Gasteiger partial charge >= 0.3 is 0 Å². The highest BCUT2D eigenvalue weighted by Gasteiger charge is 2.24. The first-order chi connectivity index (χ1) is 11.5. The highest BCUT2D eigenvalue weighted by atomic mass is 35.5. The summed E-state index contributed by atoms with van der Waals surface area (Å²) in [5.41, 5.74) is 0. The monoisotopic (exact) mass is 374 g/mol. The van der Waals surface area contributed by atoms with Crippen LogP contribution < -0.4 is 10.1 Å². The van der Waals surface area contributed by atoms with Gasteiger partial charge < -0.3 is 19.7 Å². The Morgan fingerprint density at radius 2 is 1.96 bits per heavy atom. The smallest absolute Gasteiger partial charge is 0.260 e. The summed E-state index contributed by atoms with van der Waals surface area (Å²) in [5.74, 6) is 0.182. The minimum atomic E-state index is -0.136. The van der Waals surface area contributed by atoms with Crippen LogP contribution in [0.4, 0.5) is 0 Å². The van der Waals surface area contributed by atoms with Crippen LogP contribution in [-0.4, -0.2) is 56.2 Å². The lowest BCUT2D eigenvalue weighted by Crippen LogP contribution is -2.48. The van der Waals surface area contributed by atoms with E-state index in [0.29, 0.717) is 41.7 Å². The predicted octanol–water partition coefficient (Wildman–Crippen LogP) is 2.13. The molecule has 2 amide bonds. The number of methoxy groups -OCH3 is 1. The Balaban J connectivity index is 1.75. The molecule has 1 fully saturated rings. The van der Waals surface area contributed by atoms with Gasteiger partial charge in [-0.3, -0.25) is 9.59 Å². The van der Waals surface area contributed by atoms with Crippen molar-refractivity contribution < 1.29 is 19.1 Å². The fourth-order valence-corrected chi connectivity index (χ4v) is 2.96. The van der Waals surface area contributed by atoms with Gasteiger partial charge in [0.15, 0.2) is 6.61 Å². The van der Waals surface area contributed by atoms with E-state index in [1.54, 1.807) is 23.1 Å². The molecule has 0 unspecified atom stereocenters. The molecule has 1 aliphatic heterocycles. The third kappa shape index (κ3) is 5.54. The van der Waals surface area contributed by atoms with Crippen LogP contribution in [0.5, 0.6) is 5.75 Å². The Bertz CT molecular complexity index is 589. The fraction of sp³-hybridized carbons (Fsp3) is 0.500. The fourth-order valence-electron chi connectivity index (χ4n) is 2.50. The zero-order valence-corrected chi connectivity index (χ0v) is 14.9. The zero-order chi connectivity index (χ0) is 17.5. The van der Waals surface area contributed by atoms with Crippen molar-refractivity contribution in [2.45, 2.75) is 18.9 Å². The Morgan fingerprint density at radius 1 is 1.25 bits per heavy atom. The number of nitrogens with one attached hydrogen (secondary N) is 1. The minimum Gasteiger partial charge on any atom is -0.482 e. The normalized spacial score (nSPS) is 15.2. The molecule has 0 aromatic heterocycles. The summed E-state index contributed by atoms with van der Waals surface area (Å²) in [6.45, 7) is 1.12. The van der Waals surface area contributed by atoms with Crippen LogP contribution in [0.25, 0.3) is 0 Å². The molecule has 8 heteroatoms. The van der Waals surface area contributed by atoms with Gasteiger partial charge in [-0.15, -0.1) is 0 Å². The van der Waals surface area contributed by atoms with Gasteiger partial charge in [-0.25, -0.2) is 0 Å². The van der Waals surface area contributed by atoms with E-state index in [2.05, 4.69) is 5.32 Å². The Labute approximate surface area is 151 Å². The number of rotatable bonds is 6. The molecule has 1 aromatic carbocycles. The maximum Gasteiger partial charge on any atom is 0.260 e. The SMILES string of the molecule is COCC(=O)NC1CCN(C(=O)COc2ccc(Cl)cc2Cl)CC1. The van der Waals surface area contributed by atoms with Crippen LogP contribution in [0.1, 0.15) is 12.8 Å². The van der Waals surface area contributed by atoms with Crippen LogP contribution in [0.3, 0.4) is 0 Å². The van der Waals surface area contributed by atoms with Crippen molar-refractivity contribution in [2.24, 2.45) is 0 Å². The molecular formula is C16H20Cl2N2O4. The van der Waals surface area contributed by atoms with Crippen molar-refractivity contribution in [2.75, 3.05) is 33.4 Å². The number of halogens is 2. The average Bonchev–Trinajstić information content (AvgIpc) is 2.54. The molecule has 1 heterocycles. The number of likely N-dealkylation sites (tertiary alicyclic amines) is 1. The van der Waals surface area contributed by atoms with Gasteiger partial charge in [-0.1, -0.05) is 23.2 Å². The molecule has 1 saturated heterocycles. The lowest BCUT2D eigenvalue weighted by molar-refractivity contribution is -0.134. The van der Waals surface area contributed by atoms with Crippen molar-refractivity contribution in [1.29, 1.82) is 0 Å². The van der Waals surface area contributed by atoms with Gasteiger partial charge in [-0.2, -0.15) is 0 Å². The molecule has 1 aromatic rings. The summed E-state index contributed by atoms with van der Waals surface area (Å²) >= 11 is 11.8. The maximum atomic E-state index is 12.2. The van der Waals surface area contributed by atoms with Crippen molar-refractivity contribution in [1.82, 2.24) is 10.2 Å². The van der Waals surface area contributed by atoms with E-state index in [-0.39, 0.29) is 31.1 Å². The van der Waals surface area contributed by atoms with Crippen LogP contribution >= 0.6 is 23.2 Å². The summed E-state index contributed by atoms with van der Waals surface area (Å²) in [4.78, 5) is 25.4. The van der Waals surface area contributed by atoms with Gasteiger partial charge in [0.1, 0.15) is 12.4 Å². The Kier molecular flexibility index (Phi) is 7.15. The number of amides is 2. The number of hydrogen-bond acceptors (Lipinski definition) is 4. The Morgan fingerprint density at radius 3 is 2.58 bits per heavy atom. The minimum absolute atomic E-state index is 0.0504. The largest absolute Gasteiger partial charge is 0.482 e. The second-order valence-corrected chi connectivity index (χ2v) is 6.36. The summed E-state index contributed by atoms with van der Waals surface area (Å²) in [6, 6.07) is 4.93. The molecule has 0 spiro atoms. The first-order valence-corrected chi connectivity index (χ1v) is 8.39. The summed E-state index contributed by atoms with van der Waals surface area (Å²) < 4.78 is 10.2. The van der Waals surface area contributed by atoms with Crippen LogP contribution in [-0.2, 0) is 14.3 Å². The van der Waals surface area contributed by atoms with E-state index in [4.69, 9.17) is 32.7 Å². The zero-order valence-electron chi connectivity index (χ0n) is 13.4.